The minimum Gasteiger partial charge on any atom is -0.497 e. The summed E-state index contributed by atoms with van der Waals surface area (Å²) < 4.78 is 12.3. The molecule has 21 heavy (non-hydrogen) atoms. The summed E-state index contributed by atoms with van der Waals surface area (Å²) in [6.45, 7) is 0.949. The first-order valence-corrected chi connectivity index (χ1v) is 6.70. The topological polar surface area (TPSA) is 95.4 Å². The van der Waals surface area contributed by atoms with Gasteiger partial charge in [0.15, 0.2) is 0 Å². The number of benzene rings is 1. The van der Waals surface area contributed by atoms with Crippen molar-refractivity contribution >= 4 is 0 Å². The molecule has 0 saturated carbocycles. The third-order valence-corrected chi connectivity index (χ3v) is 3.15. The van der Waals surface area contributed by atoms with Gasteiger partial charge in [0, 0.05) is 31.3 Å². The van der Waals surface area contributed by atoms with E-state index in [9.17, 15) is 0 Å². The number of ether oxygens (including phenoxy) is 2. The van der Waals surface area contributed by atoms with Crippen LogP contribution < -0.4 is 15.2 Å². The summed E-state index contributed by atoms with van der Waals surface area (Å²) in [6.07, 6.45) is 0.599. The van der Waals surface area contributed by atoms with Gasteiger partial charge >= 0.3 is 0 Å². The molecule has 0 spiro atoms. The number of hydrogen-bond acceptors (Lipinski definition) is 6. The Morgan fingerprint density at radius 2 is 1.86 bits per heavy atom. The van der Waals surface area contributed by atoms with Gasteiger partial charge in [-0.2, -0.15) is 0 Å². The fraction of sp³-hybridized carbons (Fsp3) is 0.429. The normalized spacial score (nSPS) is 10.7. The van der Waals surface area contributed by atoms with E-state index in [2.05, 4.69) is 10.3 Å². The molecule has 7 nitrogen and oxygen atoms in total. The quantitative estimate of drug-likeness (QED) is 0.784. The molecule has 1 aromatic carbocycles. The molecule has 3 N–H and O–H groups in total. The summed E-state index contributed by atoms with van der Waals surface area (Å²) in [7, 11) is 3.20. The Kier molecular flexibility index (Phi) is 5.13. The van der Waals surface area contributed by atoms with Crippen LogP contribution in [-0.2, 0) is 13.1 Å². The number of hydrogen-bond donors (Lipinski definition) is 2. The maximum absolute atomic E-state index is 8.99. The van der Waals surface area contributed by atoms with Crippen molar-refractivity contribution in [1.82, 2.24) is 15.0 Å². The number of nitrogens with two attached hydrogens (primary N) is 1. The summed E-state index contributed by atoms with van der Waals surface area (Å²) in [4.78, 5) is 0. The molecule has 2 aromatic rings. The van der Waals surface area contributed by atoms with Gasteiger partial charge in [-0.3, -0.25) is 0 Å². The van der Waals surface area contributed by atoms with Gasteiger partial charge < -0.3 is 20.3 Å². The summed E-state index contributed by atoms with van der Waals surface area (Å²) in [6, 6.07) is 5.57. The highest BCUT2D eigenvalue weighted by atomic mass is 16.5. The second kappa shape index (κ2) is 7.05. The molecular weight excluding hydrogens is 272 g/mol. The van der Waals surface area contributed by atoms with Crippen molar-refractivity contribution in [2.75, 3.05) is 20.8 Å². The van der Waals surface area contributed by atoms with E-state index in [4.69, 9.17) is 20.3 Å². The Labute approximate surface area is 123 Å². The number of aromatic nitrogens is 3. The first-order valence-electron chi connectivity index (χ1n) is 6.70. The van der Waals surface area contributed by atoms with Crippen LogP contribution in [0.5, 0.6) is 11.5 Å². The van der Waals surface area contributed by atoms with Gasteiger partial charge in [0.1, 0.15) is 17.2 Å². The third kappa shape index (κ3) is 3.32. The molecule has 0 atom stereocenters. The van der Waals surface area contributed by atoms with Crippen LogP contribution in [0.3, 0.4) is 0 Å². The molecule has 0 bridgehead atoms. The summed E-state index contributed by atoms with van der Waals surface area (Å²) in [5.74, 6) is 1.37. The Morgan fingerprint density at radius 3 is 2.38 bits per heavy atom. The molecule has 0 unspecified atom stereocenters. The van der Waals surface area contributed by atoms with Gasteiger partial charge in [0.05, 0.1) is 19.9 Å². The standard InChI is InChI=1S/C14H20N4O3/c1-20-11-6-10(7-12(8-11)21-2)14-13(9-15)16-17-18(14)4-3-5-19/h6-8,19H,3-5,9,15H2,1-2H3. The van der Waals surface area contributed by atoms with Crippen LogP contribution in [0.25, 0.3) is 11.3 Å². The maximum atomic E-state index is 8.99. The minimum absolute atomic E-state index is 0.0959. The minimum atomic E-state index is 0.0959. The van der Waals surface area contributed by atoms with E-state index in [1.165, 1.54) is 0 Å². The average Bonchev–Trinajstić information content (AvgIpc) is 2.95. The molecule has 1 aromatic heterocycles. The van der Waals surface area contributed by atoms with Crippen molar-refractivity contribution in [3.63, 3.8) is 0 Å². The predicted molar refractivity (Wildman–Crippen MR) is 78.2 cm³/mol. The molecule has 7 heteroatoms. The first-order chi connectivity index (χ1) is 10.2. The third-order valence-electron chi connectivity index (χ3n) is 3.15. The van der Waals surface area contributed by atoms with E-state index in [1.54, 1.807) is 25.0 Å². The van der Waals surface area contributed by atoms with Crippen LogP contribution in [0.4, 0.5) is 0 Å². The Hall–Kier alpha value is -2.12. The highest BCUT2D eigenvalue weighted by Crippen LogP contribution is 2.31. The van der Waals surface area contributed by atoms with E-state index in [1.807, 2.05) is 12.1 Å². The highest BCUT2D eigenvalue weighted by molar-refractivity contribution is 5.66. The van der Waals surface area contributed by atoms with E-state index in [-0.39, 0.29) is 13.2 Å². The fourth-order valence-corrected chi connectivity index (χ4v) is 2.12. The Morgan fingerprint density at radius 1 is 1.19 bits per heavy atom. The van der Waals surface area contributed by atoms with Gasteiger partial charge in [0.2, 0.25) is 0 Å². The molecule has 0 aliphatic rings. The lowest BCUT2D eigenvalue weighted by Crippen LogP contribution is -2.06. The van der Waals surface area contributed by atoms with Crippen LogP contribution in [0.2, 0.25) is 0 Å². The zero-order valence-electron chi connectivity index (χ0n) is 12.2. The van der Waals surface area contributed by atoms with Gasteiger partial charge in [-0.25, -0.2) is 4.68 Å². The smallest absolute Gasteiger partial charge is 0.123 e. The second-order valence-corrected chi connectivity index (χ2v) is 4.49. The lowest BCUT2D eigenvalue weighted by Gasteiger charge is -2.11. The number of nitrogens with zero attached hydrogens (tertiary/aromatic N) is 3. The van der Waals surface area contributed by atoms with Crippen molar-refractivity contribution in [3.05, 3.63) is 23.9 Å². The predicted octanol–water partition coefficient (Wildman–Crippen LogP) is 0.803. The highest BCUT2D eigenvalue weighted by Gasteiger charge is 2.15. The molecule has 0 fully saturated rings. The number of aliphatic hydroxyl groups is 1. The zero-order chi connectivity index (χ0) is 15.2. The van der Waals surface area contributed by atoms with Crippen molar-refractivity contribution < 1.29 is 14.6 Å². The largest absolute Gasteiger partial charge is 0.497 e. The molecule has 0 saturated heterocycles. The monoisotopic (exact) mass is 292 g/mol. The van der Waals surface area contributed by atoms with Crippen LogP contribution in [0, 0.1) is 0 Å². The number of rotatable bonds is 7. The van der Waals surface area contributed by atoms with Crippen molar-refractivity contribution in [2.45, 2.75) is 19.5 Å². The van der Waals surface area contributed by atoms with Crippen molar-refractivity contribution in [2.24, 2.45) is 5.73 Å². The molecule has 1 heterocycles. The molecule has 114 valence electrons. The molecule has 0 amide bonds. The summed E-state index contributed by atoms with van der Waals surface area (Å²) in [5, 5.41) is 17.2. The number of aliphatic hydroxyl groups excluding tert-OH is 1. The zero-order valence-corrected chi connectivity index (χ0v) is 12.2. The van der Waals surface area contributed by atoms with Crippen molar-refractivity contribution in [1.29, 1.82) is 0 Å². The van der Waals surface area contributed by atoms with E-state index in [0.717, 1.165) is 11.3 Å². The SMILES string of the molecule is COc1cc(OC)cc(-c2c(CN)nnn2CCCO)c1. The summed E-state index contributed by atoms with van der Waals surface area (Å²) in [5.41, 5.74) is 8.13. The first kappa shape index (κ1) is 15.3. The van der Waals surface area contributed by atoms with Crippen molar-refractivity contribution in [3.8, 4) is 22.8 Å². The van der Waals surface area contributed by atoms with Crippen LogP contribution >= 0.6 is 0 Å². The second-order valence-electron chi connectivity index (χ2n) is 4.49. The molecular formula is C14H20N4O3. The van der Waals surface area contributed by atoms with Crippen LogP contribution in [-0.4, -0.2) is 40.9 Å². The number of methoxy groups -OCH3 is 2. The summed E-state index contributed by atoms with van der Waals surface area (Å²) >= 11 is 0. The molecule has 0 aliphatic heterocycles. The average molecular weight is 292 g/mol. The molecule has 2 rings (SSSR count). The van der Waals surface area contributed by atoms with Crippen LogP contribution in [0.1, 0.15) is 12.1 Å². The van der Waals surface area contributed by atoms with Crippen LogP contribution in [0.15, 0.2) is 18.2 Å². The molecule has 0 aliphatic carbocycles. The maximum Gasteiger partial charge on any atom is 0.123 e. The number of aryl methyl sites for hydroxylation is 1. The van der Waals surface area contributed by atoms with Gasteiger partial charge in [-0.15, -0.1) is 5.10 Å². The fourth-order valence-electron chi connectivity index (χ4n) is 2.12. The van der Waals surface area contributed by atoms with E-state index < -0.39 is 0 Å². The lowest BCUT2D eigenvalue weighted by atomic mass is 10.1. The van der Waals surface area contributed by atoms with E-state index >= 15 is 0 Å². The lowest BCUT2D eigenvalue weighted by molar-refractivity contribution is 0.276. The Bertz CT molecular complexity index is 576. The van der Waals surface area contributed by atoms with Gasteiger partial charge in [0.25, 0.3) is 0 Å². The molecule has 0 radical (unpaired) electrons. The van der Waals surface area contributed by atoms with E-state index in [0.29, 0.717) is 30.2 Å². The van der Waals surface area contributed by atoms with Gasteiger partial charge in [-0.1, -0.05) is 5.21 Å². The van der Waals surface area contributed by atoms with Gasteiger partial charge in [-0.05, 0) is 18.6 Å². The Balaban J connectivity index is 2.50.